The highest BCUT2D eigenvalue weighted by Gasteiger charge is 2.20. The molecule has 0 heterocycles. The number of rotatable bonds is 5. The van der Waals surface area contributed by atoms with Crippen molar-refractivity contribution < 1.29 is 14.7 Å². The number of aliphatic carboxylic acids is 1. The summed E-state index contributed by atoms with van der Waals surface area (Å²) < 4.78 is 0. The number of carboxylic acid groups (broad SMARTS) is 1. The fourth-order valence-electron chi connectivity index (χ4n) is 1.49. The number of terminal acetylenes is 1. The molecule has 0 aliphatic carbocycles. The number of carboxylic acids is 1. The van der Waals surface area contributed by atoms with E-state index in [4.69, 9.17) is 11.5 Å². The van der Waals surface area contributed by atoms with E-state index in [-0.39, 0.29) is 6.42 Å². The van der Waals surface area contributed by atoms with E-state index >= 15 is 0 Å². The van der Waals surface area contributed by atoms with Crippen LogP contribution in [-0.4, -0.2) is 29.2 Å². The van der Waals surface area contributed by atoms with E-state index in [1.165, 1.54) is 0 Å². The summed E-state index contributed by atoms with van der Waals surface area (Å²) in [5, 5.41) is 13.9. The van der Waals surface area contributed by atoms with Crippen molar-refractivity contribution in [3.05, 3.63) is 35.9 Å². The average Bonchev–Trinajstić information content (AvgIpc) is 2.38. The fourth-order valence-corrected chi connectivity index (χ4v) is 1.49. The Bertz CT molecular complexity index is 479. The quantitative estimate of drug-likeness (QED) is 0.691. The normalized spacial score (nSPS) is 12.8. The van der Waals surface area contributed by atoms with E-state index in [1.54, 1.807) is 19.1 Å². The van der Waals surface area contributed by atoms with Gasteiger partial charge in [0.1, 0.15) is 6.04 Å². The van der Waals surface area contributed by atoms with Crippen LogP contribution in [0, 0.1) is 12.3 Å². The maximum Gasteiger partial charge on any atom is 0.326 e. The molecule has 0 saturated carbocycles. The monoisotopic (exact) mass is 260 g/mol. The minimum Gasteiger partial charge on any atom is -0.480 e. The highest BCUT2D eigenvalue weighted by molar-refractivity contribution is 5.83. The summed E-state index contributed by atoms with van der Waals surface area (Å²) in [4.78, 5) is 22.6. The maximum absolute atomic E-state index is 11.5. The van der Waals surface area contributed by atoms with Crippen LogP contribution in [0.2, 0.25) is 0 Å². The Morgan fingerprint density at radius 1 is 1.32 bits per heavy atom. The second-order valence-corrected chi connectivity index (χ2v) is 4.09. The highest BCUT2D eigenvalue weighted by Crippen LogP contribution is 2.03. The lowest BCUT2D eigenvalue weighted by Crippen LogP contribution is -2.49. The van der Waals surface area contributed by atoms with Crippen molar-refractivity contribution >= 4 is 12.0 Å². The number of amides is 2. The Hall–Kier alpha value is -2.48. The van der Waals surface area contributed by atoms with E-state index in [2.05, 4.69) is 16.6 Å². The van der Waals surface area contributed by atoms with Gasteiger partial charge in [0.05, 0.1) is 6.04 Å². The third-order valence-electron chi connectivity index (χ3n) is 2.48. The largest absolute Gasteiger partial charge is 0.480 e. The lowest BCUT2D eigenvalue weighted by Gasteiger charge is -2.16. The van der Waals surface area contributed by atoms with Gasteiger partial charge in [0.25, 0.3) is 0 Å². The molecule has 0 fully saturated rings. The molecular weight excluding hydrogens is 244 g/mol. The molecule has 100 valence electrons. The summed E-state index contributed by atoms with van der Waals surface area (Å²) in [6.07, 6.45) is 5.34. The maximum atomic E-state index is 11.5. The van der Waals surface area contributed by atoms with Crippen molar-refractivity contribution in [1.82, 2.24) is 10.6 Å². The second kappa shape index (κ2) is 7.07. The summed E-state index contributed by atoms with van der Waals surface area (Å²) in [5.74, 6) is 1.24. The molecule has 0 spiro atoms. The lowest BCUT2D eigenvalue weighted by atomic mass is 10.1. The average molecular weight is 260 g/mol. The van der Waals surface area contributed by atoms with Crippen molar-refractivity contribution in [2.24, 2.45) is 0 Å². The van der Waals surface area contributed by atoms with Gasteiger partial charge in [-0.15, -0.1) is 6.42 Å². The van der Waals surface area contributed by atoms with Crippen molar-refractivity contribution in [2.45, 2.75) is 25.4 Å². The number of nitrogens with one attached hydrogen (secondary N) is 2. The molecule has 0 saturated heterocycles. The Kier molecular flexibility index (Phi) is 5.42. The molecule has 0 radical (unpaired) electrons. The topological polar surface area (TPSA) is 78.4 Å². The Balaban J connectivity index is 2.62. The number of carbonyl (C=O) groups is 2. The van der Waals surface area contributed by atoms with Gasteiger partial charge in [-0.1, -0.05) is 36.3 Å². The fraction of sp³-hybridized carbons (Fsp3) is 0.286. The zero-order chi connectivity index (χ0) is 14.3. The van der Waals surface area contributed by atoms with E-state index in [0.717, 1.165) is 5.56 Å². The summed E-state index contributed by atoms with van der Waals surface area (Å²) in [7, 11) is 0. The second-order valence-electron chi connectivity index (χ2n) is 4.09. The van der Waals surface area contributed by atoms with Crippen LogP contribution in [0.15, 0.2) is 30.3 Å². The van der Waals surface area contributed by atoms with Gasteiger partial charge in [-0.2, -0.15) is 0 Å². The van der Waals surface area contributed by atoms with Crippen molar-refractivity contribution in [1.29, 1.82) is 0 Å². The summed E-state index contributed by atoms with van der Waals surface area (Å²) >= 11 is 0. The molecule has 1 rings (SSSR count). The van der Waals surface area contributed by atoms with Crippen molar-refractivity contribution in [3.8, 4) is 12.3 Å². The molecule has 2 amide bonds. The molecule has 5 heteroatoms. The Morgan fingerprint density at radius 2 is 1.95 bits per heavy atom. The molecule has 0 aliphatic rings. The molecule has 1 aromatic carbocycles. The molecule has 3 N–H and O–H groups in total. The molecule has 1 unspecified atom stereocenters. The number of urea groups is 1. The van der Waals surface area contributed by atoms with E-state index < -0.39 is 24.1 Å². The van der Waals surface area contributed by atoms with Crippen LogP contribution in [0.25, 0.3) is 0 Å². The third-order valence-corrected chi connectivity index (χ3v) is 2.48. The predicted molar refractivity (Wildman–Crippen MR) is 71.5 cm³/mol. The van der Waals surface area contributed by atoms with Crippen LogP contribution < -0.4 is 10.6 Å². The first kappa shape index (κ1) is 14.6. The molecule has 2 atom stereocenters. The summed E-state index contributed by atoms with van der Waals surface area (Å²) in [5.41, 5.74) is 0.834. The van der Waals surface area contributed by atoms with Gasteiger partial charge in [-0.25, -0.2) is 9.59 Å². The van der Waals surface area contributed by atoms with Crippen LogP contribution in [0.1, 0.15) is 12.5 Å². The molecule has 0 aromatic heterocycles. The smallest absolute Gasteiger partial charge is 0.326 e. The first-order chi connectivity index (χ1) is 9.02. The highest BCUT2D eigenvalue weighted by atomic mass is 16.4. The van der Waals surface area contributed by atoms with Gasteiger partial charge >= 0.3 is 12.0 Å². The van der Waals surface area contributed by atoms with Crippen LogP contribution in [0.3, 0.4) is 0 Å². The van der Waals surface area contributed by atoms with Gasteiger partial charge in [-0.05, 0) is 12.5 Å². The van der Waals surface area contributed by atoms with E-state index in [9.17, 15) is 9.59 Å². The van der Waals surface area contributed by atoms with Crippen molar-refractivity contribution in [2.75, 3.05) is 0 Å². The first-order valence-electron chi connectivity index (χ1n) is 5.83. The SMILES string of the molecule is C#CC(C)NC(=O)N[C@@H](Cc1ccccc1)C(=O)O. The first-order valence-corrected chi connectivity index (χ1v) is 5.83. The van der Waals surface area contributed by atoms with Crippen LogP contribution in [0.5, 0.6) is 0 Å². The molecule has 0 aliphatic heterocycles. The van der Waals surface area contributed by atoms with E-state index in [1.807, 2.05) is 18.2 Å². The van der Waals surface area contributed by atoms with Gasteiger partial charge in [0, 0.05) is 6.42 Å². The molecular formula is C14H16N2O3. The molecule has 1 aromatic rings. The number of hydrogen-bond acceptors (Lipinski definition) is 2. The van der Waals surface area contributed by atoms with Crippen LogP contribution in [-0.2, 0) is 11.2 Å². The summed E-state index contributed by atoms with van der Waals surface area (Å²) in [6.45, 7) is 1.63. The van der Waals surface area contributed by atoms with Gasteiger partial charge < -0.3 is 15.7 Å². The number of hydrogen-bond donors (Lipinski definition) is 3. The lowest BCUT2D eigenvalue weighted by molar-refractivity contribution is -0.139. The van der Waals surface area contributed by atoms with Crippen LogP contribution >= 0.6 is 0 Å². The summed E-state index contributed by atoms with van der Waals surface area (Å²) in [6, 6.07) is 7.05. The number of benzene rings is 1. The van der Waals surface area contributed by atoms with Gasteiger partial charge in [-0.3, -0.25) is 0 Å². The molecule has 0 bridgehead atoms. The third kappa shape index (κ3) is 5.13. The zero-order valence-corrected chi connectivity index (χ0v) is 10.6. The Morgan fingerprint density at radius 3 is 2.47 bits per heavy atom. The predicted octanol–water partition coefficient (Wildman–Crippen LogP) is 1.00. The Labute approximate surface area is 112 Å². The molecule has 19 heavy (non-hydrogen) atoms. The number of carbonyl (C=O) groups excluding carboxylic acids is 1. The standard InChI is InChI=1S/C14H16N2O3/c1-3-10(2)15-14(19)16-12(13(17)18)9-11-7-5-4-6-8-11/h1,4-8,10,12H,9H2,2H3,(H,17,18)(H2,15,16,19)/t10?,12-/m0/s1. The van der Waals surface area contributed by atoms with Gasteiger partial charge in [0.2, 0.25) is 0 Å². The van der Waals surface area contributed by atoms with Crippen LogP contribution in [0.4, 0.5) is 4.79 Å². The zero-order valence-electron chi connectivity index (χ0n) is 10.6. The minimum atomic E-state index is -1.09. The van der Waals surface area contributed by atoms with Gasteiger partial charge in [0.15, 0.2) is 0 Å². The minimum absolute atomic E-state index is 0.216. The van der Waals surface area contributed by atoms with Crippen molar-refractivity contribution in [3.63, 3.8) is 0 Å². The molecule has 5 nitrogen and oxygen atoms in total. The van der Waals surface area contributed by atoms with E-state index in [0.29, 0.717) is 0 Å².